The first-order valence-corrected chi connectivity index (χ1v) is 6.74. The number of hydrogen-bond donors (Lipinski definition) is 2. The van der Waals surface area contributed by atoms with E-state index in [9.17, 15) is 30.1 Å². The van der Waals surface area contributed by atoms with Crippen LogP contribution in [0.3, 0.4) is 0 Å². The van der Waals surface area contributed by atoms with Crippen molar-refractivity contribution in [3.63, 3.8) is 0 Å². The second kappa shape index (κ2) is 5.35. The number of aromatic nitrogens is 2. The fourth-order valence-corrected chi connectivity index (χ4v) is 2.52. The van der Waals surface area contributed by atoms with E-state index in [-0.39, 0.29) is 21.7 Å². The van der Waals surface area contributed by atoms with E-state index in [0.29, 0.717) is 0 Å². The molecule has 0 aliphatic carbocycles. The quantitative estimate of drug-likeness (QED) is 0.548. The van der Waals surface area contributed by atoms with Crippen molar-refractivity contribution in [1.29, 1.82) is 0 Å². The van der Waals surface area contributed by atoms with Crippen LogP contribution < -0.4 is 5.69 Å². The van der Waals surface area contributed by atoms with Crippen LogP contribution in [-0.4, -0.2) is 24.5 Å². The molecule has 0 fully saturated rings. The van der Waals surface area contributed by atoms with Crippen LogP contribution in [0.2, 0.25) is 5.02 Å². The molecule has 0 saturated heterocycles. The van der Waals surface area contributed by atoms with Gasteiger partial charge in [-0.15, -0.1) is 0 Å². The zero-order chi connectivity index (χ0) is 17.6. The first kappa shape index (κ1) is 15.5. The summed E-state index contributed by atoms with van der Waals surface area (Å²) >= 11 is 5.81. The Hall–Kier alpha value is -3.40. The third-order valence-corrected chi connectivity index (χ3v) is 3.68. The molecule has 1 heterocycles. The number of phenols is 1. The first-order valence-electron chi connectivity index (χ1n) is 6.36. The van der Waals surface area contributed by atoms with Crippen LogP contribution in [0.15, 0.2) is 35.1 Å². The molecule has 0 bridgehead atoms. The lowest BCUT2D eigenvalue weighted by Gasteiger charge is -2.07. The molecule has 11 heteroatoms. The third-order valence-electron chi connectivity index (χ3n) is 3.38. The molecular weight excluding hydrogens is 344 g/mol. The van der Waals surface area contributed by atoms with Gasteiger partial charge in [0.2, 0.25) is 0 Å². The van der Waals surface area contributed by atoms with E-state index in [1.165, 1.54) is 18.2 Å². The predicted octanol–water partition coefficient (Wildman–Crippen LogP) is 2.49. The molecule has 0 atom stereocenters. The number of nitro groups is 2. The Morgan fingerprint density at radius 2 is 1.75 bits per heavy atom. The standard InChI is InChI=1S/C13H7ClN4O6/c14-6-2-1-3-8(12(6)19)16-9-5-11(18(23)24)10(17(21)22)4-7(9)15-13(16)20/h1-5,19H,(H,15,20). The molecule has 122 valence electrons. The van der Waals surface area contributed by atoms with Gasteiger partial charge < -0.3 is 10.1 Å². The second-order valence-corrected chi connectivity index (χ2v) is 5.15. The Kier molecular flexibility index (Phi) is 3.45. The van der Waals surface area contributed by atoms with Crippen molar-refractivity contribution in [2.24, 2.45) is 0 Å². The maximum atomic E-state index is 12.2. The number of imidazole rings is 1. The van der Waals surface area contributed by atoms with Gasteiger partial charge in [0.25, 0.3) is 0 Å². The molecule has 0 radical (unpaired) electrons. The molecule has 24 heavy (non-hydrogen) atoms. The number of phenolic OH excluding ortho intramolecular Hbond substituents is 1. The Morgan fingerprint density at radius 1 is 1.12 bits per heavy atom. The number of nitrogens with one attached hydrogen (secondary N) is 1. The van der Waals surface area contributed by atoms with Gasteiger partial charge in [-0.1, -0.05) is 17.7 Å². The van der Waals surface area contributed by atoms with Crippen molar-refractivity contribution in [3.8, 4) is 11.4 Å². The predicted molar refractivity (Wildman–Crippen MR) is 83.9 cm³/mol. The molecule has 0 unspecified atom stereocenters. The number of halogens is 1. The fourth-order valence-electron chi connectivity index (χ4n) is 2.35. The monoisotopic (exact) mass is 350 g/mol. The van der Waals surface area contributed by atoms with Gasteiger partial charge in [0.15, 0.2) is 5.75 Å². The summed E-state index contributed by atoms with van der Waals surface area (Å²) in [7, 11) is 0. The summed E-state index contributed by atoms with van der Waals surface area (Å²) in [6, 6.07) is 6.04. The SMILES string of the molecule is O=c1[nH]c2cc([N+](=O)[O-])c([N+](=O)[O-])cc2n1-c1cccc(Cl)c1O. The van der Waals surface area contributed by atoms with Gasteiger partial charge in [-0.3, -0.25) is 24.8 Å². The highest BCUT2D eigenvalue weighted by Crippen LogP contribution is 2.34. The average molecular weight is 351 g/mol. The van der Waals surface area contributed by atoms with Crippen LogP contribution in [0, 0.1) is 20.2 Å². The van der Waals surface area contributed by atoms with Crippen LogP contribution in [0.25, 0.3) is 16.7 Å². The zero-order valence-corrected chi connectivity index (χ0v) is 12.4. The Bertz CT molecular complexity index is 1070. The van der Waals surface area contributed by atoms with E-state index >= 15 is 0 Å². The molecule has 0 amide bonds. The number of para-hydroxylation sites is 1. The molecule has 0 aliphatic rings. The Labute approximate surface area is 136 Å². The molecule has 2 N–H and O–H groups in total. The normalized spacial score (nSPS) is 10.9. The first-order chi connectivity index (χ1) is 11.3. The van der Waals surface area contributed by atoms with E-state index in [2.05, 4.69) is 4.98 Å². The van der Waals surface area contributed by atoms with Gasteiger partial charge >= 0.3 is 17.1 Å². The minimum absolute atomic E-state index is 0.00475. The maximum absolute atomic E-state index is 12.2. The number of fused-ring (bicyclic) bond motifs is 1. The highest BCUT2D eigenvalue weighted by atomic mass is 35.5. The Balaban J connectivity index is 2.42. The van der Waals surface area contributed by atoms with Gasteiger partial charge in [-0.2, -0.15) is 0 Å². The highest BCUT2D eigenvalue weighted by molar-refractivity contribution is 6.32. The number of nitrogens with zero attached hydrogens (tertiary/aromatic N) is 3. The number of H-pyrrole nitrogens is 1. The minimum atomic E-state index is -0.919. The summed E-state index contributed by atoms with van der Waals surface area (Å²) in [5, 5.41) is 32.1. The molecule has 2 aromatic carbocycles. The molecule has 0 saturated carbocycles. The molecule has 1 aromatic heterocycles. The van der Waals surface area contributed by atoms with E-state index in [1.54, 1.807) is 0 Å². The van der Waals surface area contributed by atoms with Gasteiger partial charge in [0.1, 0.15) is 0 Å². The Morgan fingerprint density at radius 3 is 2.38 bits per heavy atom. The van der Waals surface area contributed by atoms with Crippen LogP contribution in [0.1, 0.15) is 0 Å². The number of hydrogen-bond acceptors (Lipinski definition) is 6. The van der Waals surface area contributed by atoms with Crippen molar-refractivity contribution in [1.82, 2.24) is 9.55 Å². The van der Waals surface area contributed by atoms with E-state index in [4.69, 9.17) is 11.6 Å². The smallest absolute Gasteiger partial charge is 0.348 e. The lowest BCUT2D eigenvalue weighted by Crippen LogP contribution is -2.14. The summed E-state index contributed by atoms with van der Waals surface area (Å²) in [5.41, 5.74) is -2.27. The van der Waals surface area contributed by atoms with Gasteiger partial charge in [-0.05, 0) is 12.1 Å². The average Bonchev–Trinajstić information content (AvgIpc) is 2.83. The number of aromatic hydroxyl groups is 1. The molecule has 0 aliphatic heterocycles. The summed E-state index contributed by atoms with van der Waals surface area (Å²) in [5.74, 6) is -0.400. The third kappa shape index (κ3) is 2.25. The summed E-state index contributed by atoms with van der Waals surface area (Å²) in [4.78, 5) is 34.8. The molecular formula is C13H7ClN4O6. The van der Waals surface area contributed by atoms with E-state index in [1.807, 2.05) is 0 Å². The van der Waals surface area contributed by atoms with Crippen molar-refractivity contribution >= 4 is 34.0 Å². The van der Waals surface area contributed by atoms with Crippen LogP contribution in [0.4, 0.5) is 11.4 Å². The minimum Gasteiger partial charge on any atom is -0.504 e. The number of benzene rings is 2. The van der Waals surface area contributed by atoms with E-state index in [0.717, 1.165) is 16.7 Å². The lowest BCUT2D eigenvalue weighted by molar-refractivity contribution is -0.422. The van der Waals surface area contributed by atoms with Gasteiger partial charge in [0, 0.05) is 12.1 Å². The second-order valence-electron chi connectivity index (χ2n) is 4.75. The van der Waals surface area contributed by atoms with E-state index < -0.39 is 32.7 Å². The highest BCUT2D eigenvalue weighted by Gasteiger charge is 2.27. The van der Waals surface area contributed by atoms with Crippen molar-refractivity contribution in [2.45, 2.75) is 0 Å². The summed E-state index contributed by atoms with van der Waals surface area (Å²) < 4.78 is 0.952. The van der Waals surface area contributed by atoms with Crippen molar-refractivity contribution < 1.29 is 15.0 Å². The number of nitro benzene ring substituents is 2. The molecule has 3 rings (SSSR count). The van der Waals surface area contributed by atoms with Crippen molar-refractivity contribution in [3.05, 3.63) is 66.1 Å². The maximum Gasteiger partial charge on any atom is 0.348 e. The molecule has 0 spiro atoms. The zero-order valence-electron chi connectivity index (χ0n) is 11.6. The summed E-state index contributed by atoms with van der Waals surface area (Å²) in [6.07, 6.45) is 0. The molecule has 3 aromatic rings. The lowest BCUT2D eigenvalue weighted by atomic mass is 10.2. The number of aromatic amines is 1. The van der Waals surface area contributed by atoms with Crippen LogP contribution >= 0.6 is 11.6 Å². The molecule has 10 nitrogen and oxygen atoms in total. The number of rotatable bonds is 3. The topological polar surface area (TPSA) is 144 Å². The van der Waals surface area contributed by atoms with Gasteiger partial charge in [0.05, 0.1) is 31.6 Å². The largest absolute Gasteiger partial charge is 0.504 e. The fraction of sp³-hybridized carbons (Fsp3) is 0. The van der Waals surface area contributed by atoms with Gasteiger partial charge in [-0.25, -0.2) is 4.79 Å². The van der Waals surface area contributed by atoms with Crippen LogP contribution in [0.5, 0.6) is 5.75 Å². The summed E-state index contributed by atoms with van der Waals surface area (Å²) in [6.45, 7) is 0. The van der Waals surface area contributed by atoms with Crippen LogP contribution in [-0.2, 0) is 0 Å². The van der Waals surface area contributed by atoms with Crippen molar-refractivity contribution in [2.75, 3.05) is 0 Å².